The van der Waals surface area contributed by atoms with E-state index >= 15 is 0 Å². The van der Waals surface area contributed by atoms with E-state index in [1.165, 1.54) is 11.4 Å². The summed E-state index contributed by atoms with van der Waals surface area (Å²) in [6.45, 7) is -2.38. The molecule has 0 fully saturated rings. The predicted molar refractivity (Wildman–Crippen MR) is 75.5 cm³/mol. The van der Waals surface area contributed by atoms with E-state index < -0.39 is 51.1 Å². The normalized spacial score (nSPS) is 14.6. The van der Waals surface area contributed by atoms with Gasteiger partial charge in [0.05, 0.1) is 11.6 Å². The minimum absolute atomic E-state index is 0.127. The highest BCUT2D eigenvalue weighted by molar-refractivity contribution is 7.90. The number of amides is 1. The smallest absolute Gasteiger partial charge is 0.482 e. The van der Waals surface area contributed by atoms with Crippen LogP contribution in [0.2, 0.25) is 0 Å². The number of sulfonamides is 1. The Morgan fingerprint density at radius 3 is 2.32 bits per heavy atom. The zero-order chi connectivity index (χ0) is 19.6. The van der Waals surface area contributed by atoms with Gasteiger partial charge in [-0.1, -0.05) is 0 Å². The van der Waals surface area contributed by atoms with Crippen molar-refractivity contribution in [2.24, 2.45) is 5.73 Å². The van der Waals surface area contributed by atoms with Crippen LogP contribution in [-0.2, 0) is 10.0 Å². The molecule has 1 rings (SSSR count). The molecule has 0 aliphatic heterocycles. The van der Waals surface area contributed by atoms with E-state index in [2.05, 4.69) is 0 Å². The summed E-state index contributed by atoms with van der Waals surface area (Å²) in [4.78, 5) is 11.1. The van der Waals surface area contributed by atoms with Crippen LogP contribution in [0, 0.1) is 0 Å². The average molecular weight is 414 g/mol. The van der Waals surface area contributed by atoms with Crippen molar-refractivity contribution in [3.8, 4) is 5.06 Å². The first-order valence-corrected chi connectivity index (χ1v) is 8.63. The summed E-state index contributed by atoms with van der Waals surface area (Å²) in [5.74, 6) is -0.918. The maximum Gasteiger partial charge on any atom is 0.511 e. The molecule has 1 amide bonds. The summed E-state index contributed by atoms with van der Waals surface area (Å²) in [7, 11) is -6.24. The second-order valence-corrected chi connectivity index (χ2v) is 7.52. The molecule has 0 unspecified atom stereocenters. The molecule has 0 radical (unpaired) electrons. The van der Waals surface area contributed by atoms with Crippen molar-refractivity contribution in [3.05, 3.63) is 17.0 Å². The number of thiophene rings is 1. The standard InChI is InChI=1S/C11H12F6N2O4S2/c1-6(4-23-9-7(8(18)20)2-3-24-9)19(5-10(12,13)14)25(21,22)11(15,16)17/h2-3,6H,4-5H2,1H3,(H2,18,20)/t6-/m0/s1. The number of alkyl halides is 6. The number of hydrogen-bond acceptors (Lipinski definition) is 5. The van der Waals surface area contributed by atoms with E-state index in [0.29, 0.717) is 0 Å². The van der Waals surface area contributed by atoms with Crippen molar-refractivity contribution in [1.29, 1.82) is 0 Å². The van der Waals surface area contributed by atoms with Crippen LogP contribution in [-0.4, -0.2) is 49.5 Å². The highest BCUT2D eigenvalue weighted by atomic mass is 32.2. The third kappa shape index (κ3) is 5.47. The van der Waals surface area contributed by atoms with Gasteiger partial charge in [0.25, 0.3) is 5.91 Å². The van der Waals surface area contributed by atoms with Gasteiger partial charge >= 0.3 is 21.7 Å². The number of hydrogen-bond donors (Lipinski definition) is 1. The molecular weight excluding hydrogens is 402 g/mol. The molecule has 1 heterocycles. The highest BCUT2D eigenvalue weighted by Crippen LogP contribution is 2.32. The number of rotatable bonds is 7. The SMILES string of the molecule is C[C@@H](COc1sccc1C(N)=O)N(CC(F)(F)F)S(=O)(=O)C(F)(F)F. The highest BCUT2D eigenvalue weighted by Gasteiger charge is 2.54. The van der Waals surface area contributed by atoms with Crippen LogP contribution in [0.25, 0.3) is 0 Å². The van der Waals surface area contributed by atoms with Crippen LogP contribution in [0.1, 0.15) is 17.3 Å². The molecule has 25 heavy (non-hydrogen) atoms. The van der Waals surface area contributed by atoms with Crippen LogP contribution in [0.4, 0.5) is 26.3 Å². The number of ether oxygens (including phenoxy) is 1. The molecule has 14 heteroatoms. The molecule has 1 aromatic rings. The lowest BCUT2D eigenvalue weighted by Crippen LogP contribution is -2.51. The molecular formula is C11H12F6N2O4S2. The topological polar surface area (TPSA) is 89.7 Å². The monoisotopic (exact) mass is 414 g/mol. The fourth-order valence-electron chi connectivity index (χ4n) is 1.66. The molecule has 2 N–H and O–H groups in total. The van der Waals surface area contributed by atoms with Gasteiger partial charge in [0.15, 0.2) is 5.06 Å². The molecule has 0 saturated carbocycles. The first-order chi connectivity index (χ1) is 11.2. The summed E-state index contributed by atoms with van der Waals surface area (Å²) < 4.78 is 102. The largest absolute Gasteiger partial charge is 0.511 e. The Bertz CT molecular complexity index is 713. The number of nitrogens with zero attached hydrogens (tertiary/aromatic N) is 1. The van der Waals surface area contributed by atoms with E-state index in [9.17, 15) is 39.6 Å². The number of halogens is 6. The Morgan fingerprint density at radius 1 is 1.32 bits per heavy atom. The number of carbonyl (C=O) groups is 1. The first-order valence-electron chi connectivity index (χ1n) is 6.31. The van der Waals surface area contributed by atoms with E-state index in [4.69, 9.17) is 10.5 Å². The average Bonchev–Trinajstić information content (AvgIpc) is 2.88. The van der Waals surface area contributed by atoms with Crippen molar-refractivity contribution in [1.82, 2.24) is 4.31 Å². The molecule has 0 bridgehead atoms. The molecule has 0 aliphatic rings. The molecule has 6 nitrogen and oxygen atoms in total. The minimum atomic E-state index is -6.24. The van der Waals surface area contributed by atoms with Crippen LogP contribution < -0.4 is 10.5 Å². The van der Waals surface area contributed by atoms with Gasteiger partial charge in [0.1, 0.15) is 13.2 Å². The maximum absolute atomic E-state index is 12.6. The Morgan fingerprint density at radius 2 is 1.88 bits per heavy atom. The van der Waals surface area contributed by atoms with Crippen molar-refractivity contribution in [2.45, 2.75) is 24.7 Å². The minimum Gasteiger partial charge on any atom is -0.482 e. The van der Waals surface area contributed by atoms with Gasteiger partial charge in [-0.15, -0.1) is 11.3 Å². The van der Waals surface area contributed by atoms with Gasteiger partial charge in [-0.05, 0) is 18.4 Å². The fraction of sp³-hybridized carbons (Fsp3) is 0.545. The summed E-state index contributed by atoms with van der Waals surface area (Å²) in [5.41, 5.74) is -1.02. The van der Waals surface area contributed by atoms with Gasteiger partial charge in [0.2, 0.25) is 0 Å². The van der Waals surface area contributed by atoms with Crippen molar-refractivity contribution in [2.75, 3.05) is 13.2 Å². The van der Waals surface area contributed by atoms with Crippen molar-refractivity contribution >= 4 is 27.3 Å². The zero-order valence-corrected chi connectivity index (χ0v) is 14.0. The third-order valence-electron chi connectivity index (χ3n) is 2.78. The molecule has 0 spiro atoms. The summed E-state index contributed by atoms with van der Waals surface area (Å²) in [6, 6.07) is -0.580. The van der Waals surface area contributed by atoms with Gasteiger partial charge in [0, 0.05) is 0 Å². The summed E-state index contributed by atoms with van der Waals surface area (Å²) in [6.07, 6.45) is -5.20. The van der Waals surface area contributed by atoms with Gasteiger partial charge in [-0.3, -0.25) is 4.79 Å². The van der Waals surface area contributed by atoms with E-state index in [-0.39, 0.29) is 10.6 Å². The lowest BCUT2D eigenvalue weighted by molar-refractivity contribution is -0.142. The van der Waals surface area contributed by atoms with Gasteiger partial charge < -0.3 is 10.5 Å². The summed E-state index contributed by atoms with van der Waals surface area (Å²) >= 11 is 0.822. The second kappa shape index (κ2) is 7.37. The van der Waals surface area contributed by atoms with Crippen LogP contribution in [0.3, 0.4) is 0 Å². The Labute approximate surface area is 142 Å². The lowest BCUT2D eigenvalue weighted by Gasteiger charge is -2.29. The van der Waals surface area contributed by atoms with Crippen LogP contribution in [0.15, 0.2) is 11.4 Å². The van der Waals surface area contributed by atoms with Crippen LogP contribution >= 0.6 is 11.3 Å². The van der Waals surface area contributed by atoms with Crippen LogP contribution in [0.5, 0.6) is 5.06 Å². The van der Waals surface area contributed by atoms with Gasteiger partial charge in [-0.2, -0.15) is 30.6 Å². The Balaban J connectivity index is 3.02. The molecule has 1 atom stereocenters. The first kappa shape index (κ1) is 21.5. The molecule has 144 valence electrons. The van der Waals surface area contributed by atoms with Gasteiger partial charge in [-0.25, -0.2) is 8.42 Å². The number of carbonyl (C=O) groups excluding carboxylic acids is 1. The van der Waals surface area contributed by atoms with Crippen molar-refractivity contribution < 1.29 is 44.3 Å². The second-order valence-electron chi connectivity index (χ2n) is 4.76. The molecule has 1 aromatic heterocycles. The quantitative estimate of drug-likeness (QED) is 0.694. The van der Waals surface area contributed by atoms with Crippen molar-refractivity contribution in [3.63, 3.8) is 0 Å². The molecule has 0 aliphatic carbocycles. The fourth-order valence-corrected chi connectivity index (χ4v) is 3.53. The molecule has 0 saturated heterocycles. The maximum atomic E-state index is 12.6. The predicted octanol–water partition coefficient (Wildman–Crippen LogP) is 2.33. The number of primary amides is 1. The Kier molecular flexibility index (Phi) is 6.34. The van der Waals surface area contributed by atoms with E-state index in [1.807, 2.05) is 0 Å². The zero-order valence-electron chi connectivity index (χ0n) is 12.4. The summed E-state index contributed by atoms with van der Waals surface area (Å²) in [5, 5.41) is 1.22. The van der Waals surface area contributed by atoms with E-state index in [0.717, 1.165) is 18.3 Å². The number of nitrogens with two attached hydrogens (primary N) is 1. The third-order valence-corrected chi connectivity index (χ3v) is 5.29. The Hall–Kier alpha value is -1.54. The molecule has 0 aromatic carbocycles. The van der Waals surface area contributed by atoms with E-state index in [1.54, 1.807) is 0 Å². The lowest BCUT2D eigenvalue weighted by atomic mass is 10.3.